The number of ether oxygens (including phenoxy) is 3. The number of rotatable bonds is 9. The zero-order valence-electron chi connectivity index (χ0n) is 16.1. The standard InChI is InChI=1S/C19H26N2O6/c1-5-20-19(23)26-15-7-6-14-10-17(27-16(14)11-15)18(25-13(2)22)12-24-9-8-21(3)4/h6-7,10-11,18H,5,8-9,12H2,1-4H3,(H,20,23). The molecule has 1 N–H and O–H groups in total. The first-order valence-electron chi connectivity index (χ1n) is 8.78. The van der Waals surface area contributed by atoms with E-state index < -0.39 is 18.2 Å². The van der Waals surface area contributed by atoms with Gasteiger partial charge in [-0.3, -0.25) is 4.79 Å². The molecule has 0 saturated carbocycles. The minimum absolute atomic E-state index is 0.190. The number of carbonyl (C=O) groups is 2. The highest BCUT2D eigenvalue weighted by Crippen LogP contribution is 2.29. The summed E-state index contributed by atoms with van der Waals surface area (Å²) in [5.41, 5.74) is 0.525. The van der Waals surface area contributed by atoms with Gasteiger partial charge in [0, 0.05) is 31.5 Å². The SMILES string of the molecule is CCNC(=O)Oc1ccc2cc(C(COCCN(C)C)OC(C)=O)oc2c1. The Balaban J connectivity index is 2.12. The van der Waals surface area contributed by atoms with Crippen molar-refractivity contribution in [3.63, 3.8) is 0 Å². The van der Waals surface area contributed by atoms with Gasteiger partial charge in [0.25, 0.3) is 0 Å². The molecule has 2 rings (SSSR count). The van der Waals surface area contributed by atoms with Crippen molar-refractivity contribution in [2.24, 2.45) is 0 Å². The van der Waals surface area contributed by atoms with Crippen molar-refractivity contribution in [1.29, 1.82) is 0 Å². The van der Waals surface area contributed by atoms with Crippen molar-refractivity contribution >= 4 is 23.0 Å². The molecule has 0 radical (unpaired) electrons. The first kappa shape index (κ1) is 20.7. The summed E-state index contributed by atoms with van der Waals surface area (Å²) in [6, 6.07) is 6.85. The molecule has 148 valence electrons. The summed E-state index contributed by atoms with van der Waals surface area (Å²) < 4.78 is 21.9. The second kappa shape index (κ2) is 9.94. The van der Waals surface area contributed by atoms with Gasteiger partial charge in [-0.15, -0.1) is 0 Å². The smallest absolute Gasteiger partial charge is 0.412 e. The molecule has 0 spiro atoms. The van der Waals surface area contributed by atoms with Crippen LogP contribution in [-0.2, 0) is 14.3 Å². The largest absolute Gasteiger partial charge is 0.457 e. The first-order valence-corrected chi connectivity index (χ1v) is 8.78. The van der Waals surface area contributed by atoms with Gasteiger partial charge < -0.3 is 28.8 Å². The molecular formula is C19H26N2O6. The van der Waals surface area contributed by atoms with E-state index in [4.69, 9.17) is 18.6 Å². The van der Waals surface area contributed by atoms with E-state index in [-0.39, 0.29) is 6.61 Å². The van der Waals surface area contributed by atoms with Crippen LogP contribution in [0.3, 0.4) is 0 Å². The lowest BCUT2D eigenvalue weighted by Gasteiger charge is -2.16. The Morgan fingerprint density at radius 3 is 2.70 bits per heavy atom. The molecule has 1 unspecified atom stereocenters. The van der Waals surface area contributed by atoms with Crippen LogP contribution in [0, 0.1) is 0 Å². The Morgan fingerprint density at radius 2 is 2.04 bits per heavy atom. The Bertz CT molecular complexity index is 771. The lowest BCUT2D eigenvalue weighted by Crippen LogP contribution is -2.26. The fourth-order valence-electron chi connectivity index (χ4n) is 2.35. The number of esters is 1. The van der Waals surface area contributed by atoms with Crippen LogP contribution in [0.25, 0.3) is 11.0 Å². The third-order valence-corrected chi connectivity index (χ3v) is 3.62. The van der Waals surface area contributed by atoms with Gasteiger partial charge >= 0.3 is 12.1 Å². The van der Waals surface area contributed by atoms with E-state index in [9.17, 15) is 9.59 Å². The molecule has 27 heavy (non-hydrogen) atoms. The fourth-order valence-corrected chi connectivity index (χ4v) is 2.35. The Kier molecular flexibility index (Phi) is 7.63. The van der Waals surface area contributed by atoms with Gasteiger partial charge in [0.15, 0.2) is 6.10 Å². The number of fused-ring (bicyclic) bond motifs is 1. The first-order chi connectivity index (χ1) is 12.9. The van der Waals surface area contributed by atoms with E-state index in [2.05, 4.69) is 5.32 Å². The molecule has 0 aliphatic heterocycles. The van der Waals surface area contributed by atoms with Crippen LogP contribution in [0.2, 0.25) is 0 Å². The number of hydrogen-bond acceptors (Lipinski definition) is 7. The number of hydrogen-bond donors (Lipinski definition) is 1. The van der Waals surface area contributed by atoms with Gasteiger partial charge in [-0.05, 0) is 39.2 Å². The summed E-state index contributed by atoms with van der Waals surface area (Å²) in [5, 5.41) is 3.36. The van der Waals surface area contributed by atoms with E-state index >= 15 is 0 Å². The molecule has 1 heterocycles. The molecule has 1 amide bonds. The average molecular weight is 378 g/mol. The third-order valence-electron chi connectivity index (χ3n) is 3.62. The van der Waals surface area contributed by atoms with Crippen LogP contribution in [0.5, 0.6) is 5.75 Å². The van der Waals surface area contributed by atoms with Crippen LogP contribution in [0.4, 0.5) is 4.79 Å². The summed E-state index contributed by atoms with van der Waals surface area (Å²) >= 11 is 0. The summed E-state index contributed by atoms with van der Waals surface area (Å²) in [7, 11) is 3.90. The van der Waals surface area contributed by atoms with Crippen LogP contribution < -0.4 is 10.1 Å². The second-order valence-corrected chi connectivity index (χ2v) is 6.24. The minimum atomic E-state index is -0.648. The van der Waals surface area contributed by atoms with Gasteiger partial charge in [-0.2, -0.15) is 0 Å². The average Bonchev–Trinajstić information content (AvgIpc) is 3.00. The van der Waals surface area contributed by atoms with Crippen molar-refractivity contribution in [3.05, 3.63) is 30.0 Å². The number of furan rings is 1. The van der Waals surface area contributed by atoms with Gasteiger partial charge in [0.05, 0.1) is 13.2 Å². The zero-order chi connectivity index (χ0) is 19.8. The van der Waals surface area contributed by atoms with E-state index in [0.717, 1.165) is 11.9 Å². The predicted octanol–water partition coefficient (Wildman–Crippen LogP) is 2.72. The number of carbonyl (C=O) groups excluding carboxylic acids is 2. The molecular weight excluding hydrogens is 352 g/mol. The van der Waals surface area contributed by atoms with Gasteiger partial charge in [0.2, 0.25) is 0 Å². The number of nitrogens with one attached hydrogen (secondary N) is 1. The summed E-state index contributed by atoms with van der Waals surface area (Å²) in [6.45, 7) is 5.08. The van der Waals surface area contributed by atoms with Crippen molar-refractivity contribution in [3.8, 4) is 5.75 Å². The maximum atomic E-state index is 11.5. The van der Waals surface area contributed by atoms with Crippen molar-refractivity contribution in [2.75, 3.05) is 40.4 Å². The van der Waals surface area contributed by atoms with E-state index in [1.54, 1.807) is 31.2 Å². The molecule has 0 aliphatic rings. The van der Waals surface area contributed by atoms with Crippen LogP contribution in [0.1, 0.15) is 25.7 Å². The fraction of sp³-hybridized carbons (Fsp3) is 0.474. The molecule has 1 aromatic heterocycles. The molecule has 8 nitrogen and oxygen atoms in total. The number of amides is 1. The highest BCUT2D eigenvalue weighted by molar-refractivity contribution is 5.81. The lowest BCUT2D eigenvalue weighted by molar-refractivity contribution is -0.151. The molecule has 0 bridgehead atoms. The monoisotopic (exact) mass is 378 g/mol. The lowest BCUT2D eigenvalue weighted by atomic mass is 10.2. The van der Waals surface area contributed by atoms with Crippen molar-refractivity contribution in [1.82, 2.24) is 10.2 Å². The molecule has 0 fully saturated rings. The van der Waals surface area contributed by atoms with Gasteiger partial charge in [-0.1, -0.05) is 0 Å². The van der Waals surface area contributed by atoms with E-state index in [1.807, 2.05) is 19.0 Å². The molecule has 0 saturated heterocycles. The predicted molar refractivity (Wildman–Crippen MR) is 99.8 cm³/mol. The van der Waals surface area contributed by atoms with Crippen LogP contribution >= 0.6 is 0 Å². The third kappa shape index (κ3) is 6.58. The van der Waals surface area contributed by atoms with Crippen molar-refractivity contribution in [2.45, 2.75) is 20.0 Å². The van der Waals surface area contributed by atoms with Crippen molar-refractivity contribution < 1.29 is 28.2 Å². The zero-order valence-corrected chi connectivity index (χ0v) is 16.1. The molecule has 2 aromatic rings. The number of likely N-dealkylation sites (N-methyl/N-ethyl adjacent to an activating group) is 1. The quantitative estimate of drug-likeness (QED) is 0.530. The molecule has 1 atom stereocenters. The van der Waals surface area contributed by atoms with E-state index in [1.165, 1.54) is 6.92 Å². The highest BCUT2D eigenvalue weighted by Gasteiger charge is 2.20. The van der Waals surface area contributed by atoms with E-state index in [0.29, 0.717) is 30.2 Å². The molecule has 8 heteroatoms. The van der Waals surface area contributed by atoms with Crippen LogP contribution in [-0.4, -0.2) is 57.4 Å². The van der Waals surface area contributed by atoms with Gasteiger partial charge in [-0.25, -0.2) is 4.79 Å². The topological polar surface area (TPSA) is 90.2 Å². The number of benzene rings is 1. The summed E-state index contributed by atoms with van der Waals surface area (Å²) in [6.07, 6.45) is -1.18. The molecule has 1 aromatic carbocycles. The summed E-state index contributed by atoms with van der Waals surface area (Å²) in [5.74, 6) is 0.415. The minimum Gasteiger partial charge on any atom is -0.457 e. The number of nitrogens with zero attached hydrogens (tertiary/aromatic N) is 1. The van der Waals surface area contributed by atoms with Gasteiger partial charge in [0.1, 0.15) is 17.1 Å². The highest BCUT2D eigenvalue weighted by atomic mass is 16.6. The molecule has 0 aliphatic carbocycles. The Labute approximate surface area is 158 Å². The Hall–Kier alpha value is -2.58. The maximum Gasteiger partial charge on any atom is 0.412 e. The summed E-state index contributed by atoms with van der Waals surface area (Å²) in [4.78, 5) is 25.0. The second-order valence-electron chi connectivity index (χ2n) is 6.24. The Morgan fingerprint density at radius 1 is 1.26 bits per heavy atom. The normalized spacial score (nSPS) is 12.2. The maximum absolute atomic E-state index is 11.5. The van der Waals surface area contributed by atoms with Crippen LogP contribution in [0.15, 0.2) is 28.7 Å².